The third-order valence-electron chi connectivity index (χ3n) is 2.80. The van der Waals surface area contributed by atoms with Crippen LogP contribution in [0.3, 0.4) is 0 Å². The molecule has 84 valence electrons. The van der Waals surface area contributed by atoms with Crippen molar-refractivity contribution < 1.29 is 4.79 Å². The number of nitrogens with zero attached hydrogens (tertiary/aromatic N) is 2. The number of benzene rings is 1. The molecule has 1 aliphatic heterocycles. The molecule has 17 heavy (non-hydrogen) atoms. The first kappa shape index (κ1) is 10.4. The van der Waals surface area contributed by atoms with Gasteiger partial charge in [-0.1, -0.05) is 30.3 Å². The monoisotopic (exact) mass is 242 g/mol. The number of hydrogen-bond donors (Lipinski definition) is 0. The van der Waals surface area contributed by atoms with Crippen LogP contribution in [0, 0.1) is 0 Å². The minimum Gasteiger partial charge on any atom is -0.296 e. The first-order valence-electron chi connectivity index (χ1n) is 5.37. The normalized spacial score (nSPS) is 23.2. The molecule has 0 radical (unpaired) electrons. The zero-order valence-corrected chi connectivity index (χ0v) is 9.80. The van der Waals surface area contributed by atoms with Crippen molar-refractivity contribution in [2.24, 2.45) is 4.99 Å². The van der Waals surface area contributed by atoms with E-state index in [1.54, 1.807) is 12.4 Å². The Morgan fingerprint density at radius 3 is 2.71 bits per heavy atom. The minimum atomic E-state index is -0.403. The fourth-order valence-corrected chi connectivity index (χ4v) is 2.64. The molecule has 2 unspecified atom stereocenters. The molecular weight excluding hydrogens is 232 g/mol. The molecule has 0 N–H and O–H groups in total. The third-order valence-corrected chi connectivity index (χ3v) is 3.63. The van der Waals surface area contributed by atoms with Crippen molar-refractivity contribution >= 4 is 23.3 Å². The molecule has 2 aromatic rings. The van der Waals surface area contributed by atoms with Gasteiger partial charge in [-0.3, -0.25) is 9.79 Å². The summed E-state index contributed by atoms with van der Waals surface area (Å²) in [6.45, 7) is 0. The number of thiazole rings is 1. The molecule has 0 aliphatic carbocycles. The van der Waals surface area contributed by atoms with Crippen LogP contribution in [0.4, 0.5) is 0 Å². The Hall–Kier alpha value is -1.81. The Kier molecular flexibility index (Phi) is 2.57. The standard InChI is InChI=1S/C13H10N2OS/c16-12-10(9-4-2-1-3-5-9)8-15-11(12)13-14-6-7-17-13/h1-8,10-11H. The van der Waals surface area contributed by atoms with Crippen molar-refractivity contribution in [1.29, 1.82) is 0 Å². The molecule has 2 heterocycles. The summed E-state index contributed by atoms with van der Waals surface area (Å²) in [5.74, 6) is -0.101. The summed E-state index contributed by atoms with van der Waals surface area (Å²) in [6, 6.07) is 9.33. The van der Waals surface area contributed by atoms with E-state index >= 15 is 0 Å². The Balaban J connectivity index is 1.89. The Bertz CT molecular complexity index is 548. The number of aromatic nitrogens is 1. The van der Waals surface area contributed by atoms with E-state index in [9.17, 15) is 4.79 Å². The summed E-state index contributed by atoms with van der Waals surface area (Å²) < 4.78 is 0. The van der Waals surface area contributed by atoms with Gasteiger partial charge in [0.25, 0.3) is 0 Å². The van der Waals surface area contributed by atoms with Gasteiger partial charge in [0, 0.05) is 17.8 Å². The van der Waals surface area contributed by atoms with Crippen LogP contribution in [0.5, 0.6) is 0 Å². The predicted octanol–water partition coefficient (Wildman–Crippen LogP) is 2.62. The number of carbonyl (C=O) groups is 1. The van der Waals surface area contributed by atoms with Gasteiger partial charge in [0.2, 0.25) is 0 Å². The maximum Gasteiger partial charge on any atom is 0.177 e. The van der Waals surface area contributed by atoms with E-state index in [2.05, 4.69) is 9.98 Å². The molecule has 1 aromatic carbocycles. The van der Waals surface area contributed by atoms with Crippen LogP contribution < -0.4 is 0 Å². The van der Waals surface area contributed by atoms with Crippen molar-refractivity contribution in [2.45, 2.75) is 12.0 Å². The Morgan fingerprint density at radius 1 is 1.18 bits per heavy atom. The highest BCUT2D eigenvalue weighted by Crippen LogP contribution is 2.32. The largest absolute Gasteiger partial charge is 0.296 e. The molecule has 0 spiro atoms. The van der Waals surface area contributed by atoms with Crippen LogP contribution in [-0.2, 0) is 4.79 Å². The lowest BCUT2D eigenvalue weighted by Crippen LogP contribution is -2.13. The number of hydrogen-bond acceptors (Lipinski definition) is 4. The van der Waals surface area contributed by atoms with Crippen LogP contribution in [0.1, 0.15) is 22.5 Å². The number of ketones is 1. The van der Waals surface area contributed by atoms with Gasteiger partial charge >= 0.3 is 0 Å². The van der Waals surface area contributed by atoms with E-state index in [1.807, 2.05) is 35.7 Å². The maximum absolute atomic E-state index is 12.2. The molecule has 1 aromatic heterocycles. The van der Waals surface area contributed by atoms with Crippen molar-refractivity contribution in [1.82, 2.24) is 4.98 Å². The van der Waals surface area contributed by atoms with Crippen LogP contribution >= 0.6 is 11.3 Å². The summed E-state index contributed by atoms with van der Waals surface area (Å²) in [5, 5.41) is 2.65. The van der Waals surface area contributed by atoms with Gasteiger partial charge in [-0.05, 0) is 5.56 Å². The molecule has 0 saturated heterocycles. The predicted molar refractivity (Wildman–Crippen MR) is 67.5 cm³/mol. The zero-order chi connectivity index (χ0) is 11.7. The van der Waals surface area contributed by atoms with E-state index in [4.69, 9.17) is 0 Å². The van der Waals surface area contributed by atoms with Crippen LogP contribution in [-0.4, -0.2) is 17.0 Å². The van der Waals surface area contributed by atoms with E-state index < -0.39 is 6.04 Å². The van der Waals surface area contributed by atoms with Crippen molar-refractivity contribution in [3.8, 4) is 0 Å². The van der Waals surface area contributed by atoms with Gasteiger partial charge in [0.15, 0.2) is 11.8 Å². The second-order valence-corrected chi connectivity index (χ2v) is 4.79. The van der Waals surface area contributed by atoms with Crippen molar-refractivity contribution in [3.63, 3.8) is 0 Å². The molecule has 3 rings (SSSR count). The summed E-state index contributed by atoms with van der Waals surface area (Å²) in [4.78, 5) is 20.7. The van der Waals surface area contributed by atoms with E-state index in [0.717, 1.165) is 10.6 Å². The van der Waals surface area contributed by atoms with E-state index in [1.165, 1.54) is 11.3 Å². The third kappa shape index (κ3) is 1.80. The van der Waals surface area contributed by atoms with Gasteiger partial charge in [-0.15, -0.1) is 11.3 Å². The molecule has 4 heteroatoms. The van der Waals surface area contributed by atoms with Crippen LogP contribution in [0.15, 0.2) is 46.9 Å². The van der Waals surface area contributed by atoms with E-state index in [0.29, 0.717) is 0 Å². The first-order chi connectivity index (χ1) is 8.36. The van der Waals surface area contributed by atoms with Gasteiger partial charge < -0.3 is 0 Å². The molecule has 3 nitrogen and oxygen atoms in total. The van der Waals surface area contributed by atoms with Gasteiger partial charge in [-0.25, -0.2) is 4.98 Å². The highest BCUT2D eigenvalue weighted by Gasteiger charge is 2.34. The lowest BCUT2D eigenvalue weighted by Gasteiger charge is -2.07. The molecule has 0 saturated carbocycles. The van der Waals surface area contributed by atoms with Crippen LogP contribution in [0.2, 0.25) is 0 Å². The highest BCUT2D eigenvalue weighted by atomic mass is 32.1. The number of Topliss-reactive ketones (excluding diaryl/α,β-unsaturated/α-hetero) is 1. The Morgan fingerprint density at radius 2 is 2.00 bits per heavy atom. The van der Waals surface area contributed by atoms with Crippen molar-refractivity contribution in [3.05, 3.63) is 52.5 Å². The molecule has 0 amide bonds. The molecule has 0 fully saturated rings. The second-order valence-electron chi connectivity index (χ2n) is 3.86. The molecule has 0 bridgehead atoms. The topological polar surface area (TPSA) is 42.3 Å². The quantitative estimate of drug-likeness (QED) is 0.812. The molecule has 1 aliphatic rings. The van der Waals surface area contributed by atoms with E-state index in [-0.39, 0.29) is 11.7 Å². The minimum absolute atomic E-state index is 0.117. The molecular formula is C13H10N2OS. The van der Waals surface area contributed by atoms with Gasteiger partial charge in [0.1, 0.15) is 5.01 Å². The summed E-state index contributed by atoms with van der Waals surface area (Å²) in [6.07, 6.45) is 3.45. The fraction of sp³-hybridized carbons (Fsp3) is 0.154. The second kappa shape index (κ2) is 4.22. The summed E-state index contributed by atoms with van der Waals surface area (Å²) in [5.41, 5.74) is 1.00. The summed E-state index contributed by atoms with van der Waals surface area (Å²) >= 11 is 1.48. The smallest absolute Gasteiger partial charge is 0.177 e. The maximum atomic E-state index is 12.2. The SMILES string of the molecule is O=C1C(c2ccccc2)C=NC1c1nccs1. The fourth-order valence-electron chi connectivity index (χ4n) is 1.95. The number of rotatable bonds is 2. The highest BCUT2D eigenvalue weighted by molar-refractivity contribution is 7.09. The molecule has 2 atom stereocenters. The van der Waals surface area contributed by atoms with Gasteiger partial charge in [-0.2, -0.15) is 0 Å². The lowest BCUT2D eigenvalue weighted by atomic mass is 9.95. The van der Waals surface area contributed by atoms with Gasteiger partial charge in [0.05, 0.1) is 5.92 Å². The summed E-state index contributed by atoms with van der Waals surface area (Å²) in [7, 11) is 0. The lowest BCUT2D eigenvalue weighted by molar-refractivity contribution is -0.119. The zero-order valence-electron chi connectivity index (χ0n) is 8.98. The average molecular weight is 242 g/mol. The average Bonchev–Trinajstić information content (AvgIpc) is 2.99. The van der Waals surface area contributed by atoms with Crippen LogP contribution in [0.25, 0.3) is 0 Å². The van der Waals surface area contributed by atoms with Crippen molar-refractivity contribution in [2.75, 3.05) is 0 Å². The Labute approximate surface area is 103 Å². The number of aliphatic imine (C=N–C) groups is 1. The number of carbonyl (C=O) groups excluding carboxylic acids is 1. The first-order valence-corrected chi connectivity index (χ1v) is 6.25.